The van der Waals surface area contributed by atoms with Crippen LogP contribution in [0.3, 0.4) is 0 Å². The number of aromatic nitrogens is 4. The van der Waals surface area contributed by atoms with Crippen LogP contribution >= 0.6 is 0 Å². The number of carbonyl (C=O) groups is 1. The first-order valence-electron chi connectivity index (χ1n) is 4.35. The number of H-pyrrole nitrogens is 1. The van der Waals surface area contributed by atoms with E-state index >= 15 is 0 Å². The van der Waals surface area contributed by atoms with E-state index in [1.807, 2.05) is 0 Å². The van der Waals surface area contributed by atoms with Gasteiger partial charge in [0.2, 0.25) is 10.0 Å². The van der Waals surface area contributed by atoms with E-state index in [-0.39, 0.29) is 18.1 Å². The average molecular weight is 248 g/mol. The molecule has 10 heteroatoms. The maximum atomic E-state index is 11.3. The van der Waals surface area contributed by atoms with Gasteiger partial charge < -0.3 is 5.32 Å². The van der Waals surface area contributed by atoms with Crippen molar-refractivity contribution in [2.75, 3.05) is 26.4 Å². The van der Waals surface area contributed by atoms with E-state index < -0.39 is 15.9 Å². The molecule has 0 radical (unpaired) electrons. The van der Waals surface area contributed by atoms with Crippen molar-refractivity contribution in [3.05, 3.63) is 5.82 Å². The Bertz CT molecular complexity index is 439. The van der Waals surface area contributed by atoms with Crippen LogP contribution in [-0.2, 0) is 10.0 Å². The van der Waals surface area contributed by atoms with Crippen molar-refractivity contribution in [3.8, 4) is 0 Å². The van der Waals surface area contributed by atoms with Crippen LogP contribution in [0.4, 0.5) is 0 Å². The number of sulfonamides is 1. The molecule has 1 rings (SSSR count). The summed E-state index contributed by atoms with van der Waals surface area (Å²) in [7, 11) is -0.454. The van der Waals surface area contributed by atoms with Gasteiger partial charge in [0.1, 0.15) is 0 Å². The van der Waals surface area contributed by atoms with Crippen LogP contribution in [0.25, 0.3) is 0 Å². The largest absolute Gasteiger partial charge is 0.348 e. The summed E-state index contributed by atoms with van der Waals surface area (Å²) in [6.45, 7) is -0.00606. The van der Waals surface area contributed by atoms with Crippen LogP contribution < -0.4 is 5.32 Å². The third-order valence-electron chi connectivity index (χ3n) is 1.75. The summed E-state index contributed by atoms with van der Waals surface area (Å²) >= 11 is 0. The molecule has 16 heavy (non-hydrogen) atoms. The lowest BCUT2D eigenvalue weighted by Gasteiger charge is -2.10. The first kappa shape index (κ1) is 12.5. The number of carbonyl (C=O) groups excluding carboxylic acids is 1. The molecule has 0 aromatic carbocycles. The van der Waals surface area contributed by atoms with Gasteiger partial charge in [-0.05, 0) is 5.21 Å². The van der Waals surface area contributed by atoms with Crippen LogP contribution in [0.15, 0.2) is 0 Å². The normalized spacial score (nSPS) is 11.7. The van der Waals surface area contributed by atoms with E-state index in [0.717, 1.165) is 4.31 Å². The molecule has 9 nitrogen and oxygen atoms in total. The Morgan fingerprint density at radius 1 is 1.50 bits per heavy atom. The maximum Gasteiger partial charge on any atom is 0.292 e. The molecule has 1 heterocycles. The average Bonchev–Trinajstić information content (AvgIpc) is 2.69. The Morgan fingerprint density at radius 2 is 2.19 bits per heavy atom. The van der Waals surface area contributed by atoms with E-state index in [9.17, 15) is 13.2 Å². The smallest absolute Gasteiger partial charge is 0.292 e. The van der Waals surface area contributed by atoms with E-state index in [4.69, 9.17) is 0 Å². The molecule has 0 fully saturated rings. The van der Waals surface area contributed by atoms with Crippen molar-refractivity contribution in [2.45, 2.75) is 0 Å². The van der Waals surface area contributed by atoms with E-state index in [0.29, 0.717) is 0 Å². The Balaban J connectivity index is 2.40. The topological polar surface area (TPSA) is 121 Å². The van der Waals surface area contributed by atoms with Crippen LogP contribution in [0.1, 0.15) is 10.6 Å². The summed E-state index contributed by atoms with van der Waals surface area (Å²) in [5.41, 5.74) is 0. The molecule has 0 spiro atoms. The predicted molar refractivity (Wildman–Crippen MR) is 54.0 cm³/mol. The molecule has 0 aliphatic carbocycles. The molecule has 90 valence electrons. The van der Waals surface area contributed by atoms with Crippen LogP contribution in [-0.4, -0.2) is 65.6 Å². The number of amides is 1. The molecule has 0 saturated heterocycles. The third kappa shape index (κ3) is 3.24. The lowest BCUT2D eigenvalue weighted by atomic mass is 10.5. The van der Waals surface area contributed by atoms with Crippen LogP contribution in [0, 0.1) is 0 Å². The fourth-order valence-electron chi connectivity index (χ4n) is 0.813. The Hall–Kier alpha value is -1.55. The van der Waals surface area contributed by atoms with Gasteiger partial charge in [0.05, 0.1) is 5.75 Å². The highest BCUT2D eigenvalue weighted by molar-refractivity contribution is 7.89. The molecule has 0 saturated carbocycles. The second kappa shape index (κ2) is 4.99. The second-order valence-corrected chi connectivity index (χ2v) is 5.39. The van der Waals surface area contributed by atoms with Crippen molar-refractivity contribution in [1.29, 1.82) is 0 Å². The van der Waals surface area contributed by atoms with Gasteiger partial charge in [0.25, 0.3) is 11.7 Å². The number of aromatic amines is 1. The molecule has 2 N–H and O–H groups in total. The number of rotatable bonds is 5. The minimum absolute atomic E-state index is 0.00606. The molecule has 1 amide bonds. The predicted octanol–water partition coefficient (Wildman–Crippen LogP) is -2.18. The summed E-state index contributed by atoms with van der Waals surface area (Å²) in [6.07, 6.45) is 0. The number of hydrogen-bond acceptors (Lipinski definition) is 6. The Labute approximate surface area is 92.3 Å². The third-order valence-corrected chi connectivity index (χ3v) is 3.58. The molecular formula is C6H12N6O3S. The van der Waals surface area contributed by atoms with Crippen molar-refractivity contribution in [3.63, 3.8) is 0 Å². The van der Waals surface area contributed by atoms with Gasteiger partial charge >= 0.3 is 0 Å². The number of nitrogens with one attached hydrogen (secondary N) is 2. The minimum atomic E-state index is -3.31. The number of nitrogens with zero attached hydrogens (tertiary/aromatic N) is 4. The molecule has 1 aromatic heterocycles. The molecule has 0 unspecified atom stereocenters. The maximum absolute atomic E-state index is 11.3. The zero-order valence-corrected chi connectivity index (χ0v) is 9.65. The van der Waals surface area contributed by atoms with Crippen molar-refractivity contribution in [1.82, 2.24) is 30.2 Å². The van der Waals surface area contributed by atoms with E-state index in [2.05, 4.69) is 25.9 Å². The summed E-state index contributed by atoms with van der Waals surface area (Å²) in [4.78, 5) is 11.3. The molecule has 0 aliphatic heterocycles. The van der Waals surface area contributed by atoms with Gasteiger partial charge in [0.15, 0.2) is 0 Å². The van der Waals surface area contributed by atoms with Gasteiger partial charge in [-0.1, -0.05) is 0 Å². The fourth-order valence-corrected chi connectivity index (χ4v) is 1.54. The molecule has 0 aliphatic rings. The van der Waals surface area contributed by atoms with Gasteiger partial charge in [-0.2, -0.15) is 5.21 Å². The minimum Gasteiger partial charge on any atom is -0.348 e. The highest BCUT2D eigenvalue weighted by Gasteiger charge is 2.15. The van der Waals surface area contributed by atoms with Crippen molar-refractivity contribution >= 4 is 15.9 Å². The Kier molecular flexibility index (Phi) is 3.90. The highest BCUT2D eigenvalue weighted by atomic mass is 32.2. The summed E-state index contributed by atoms with van der Waals surface area (Å²) < 4.78 is 23.7. The molecule has 0 atom stereocenters. The standard InChI is InChI=1S/C6H12N6O3S/c1-12(2)16(14,15)4-3-7-6(13)5-8-10-11-9-5/h3-4H2,1-2H3,(H,7,13)(H,8,9,10,11). The Morgan fingerprint density at radius 3 is 2.69 bits per heavy atom. The zero-order chi connectivity index (χ0) is 12.2. The quantitative estimate of drug-likeness (QED) is 0.611. The summed E-state index contributed by atoms with van der Waals surface area (Å²) in [5, 5.41) is 14.6. The van der Waals surface area contributed by atoms with Crippen molar-refractivity contribution < 1.29 is 13.2 Å². The monoisotopic (exact) mass is 248 g/mol. The zero-order valence-electron chi connectivity index (χ0n) is 8.84. The fraction of sp³-hybridized carbons (Fsp3) is 0.667. The lowest BCUT2D eigenvalue weighted by Crippen LogP contribution is -2.34. The van der Waals surface area contributed by atoms with Gasteiger partial charge in [-0.15, -0.1) is 10.2 Å². The summed E-state index contributed by atoms with van der Waals surface area (Å²) in [6, 6.07) is 0. The van der Waals surface area contributed by atoms with Crippen LogP contribution in [0.2, 0.25) is 0 Å². The highest BCUT2D eigenvalue weighted by Crippen LogP contribution is 1.92. The van der Waals surface area contributed by atoms with Crippen LogP contribution in [0.5, 0.6) is 0 Å². The van der Waals surface area contributed by atoms with E-state index in [1.54, 1.807) is 0 Å². The van der Waals surface area contributed by atoms with Gasteiger partial charge in [-0.3, -0.25) is 4.79 Å². The molecule has 1 aromatic rings. The SMILES string of the molecule is CN(C)S(=O)(=O)CCNC(=O)c1nn[nH]n1. The summed E-state index contributed by atoms with van der Waals surface area (Å²) in [5.74, 6) is -0.867. The number of tetrazole rings is 1. The van der Waals surface area contributed by atoms with Crippen molar-refractivity contribution in [2.24, 2.45) is 0 Å². The van der Waals surface area contributed by atoms with E-state index in [1.165, 1.54) is 14.1 Å². The lowest BCUT2D eigenvalue weighted by molar-refractivity contribution is 0.0946. The molecule has 0 bridgehead atoms. The first-order valence-corrected chi connectivity index (χ1v) is 5.96. The van der Waals surface area contributed by atoms with Gasteiger partial charge in [-0.25, -0.2) is 12.7 Å². The van der Waals surface area contributed by atoms with Gasteiger partial charge in [0, 0.05) is 20.6 Å². The first-order chi connectivity index (χ1) is 7.43. The number of hydrogen-bond donors (Lipinski definition) is 2. The second-order valence-electron chi connectivity index (χ2n) is 3.09. The molecular weight excluding hydrogens is 236 g/mol.